The number of nitrogens with zero attached hydrogens (tertiary/aromatic N) is 1. The molecule has 0 bridgehead atoms. The minimum absolute atomic E-state index is 0.0462. The average Bonchev–Trinajstić information content (AvgIpc) is 2.61. The van der Waals surface area contributed by atoms with Gasteiger partial charge in [-0.25, -0.2) is 0 Å². The SMILES string of the molecule is CCNC1CCN(c2c(Br)cc(C)cc2Br)C1=O. The van der Waals surface area contributed by atoms with Crippen LogP contribution in [0.15, 0.2) is 21.1 Å². The Kier molecular flexibility index (Phi) is 4.45. The first-order valence-corrected chi connectivity index (χ1v) is 7.63. The lowest BCUT2D eigenvalue weighted by Gasteiger charge is -2.20. The first kappa shape index (κ1) is 14.0. The van der Waals surface area contributed by atoms with Gasteiger partial charge in [-0.05, 0) is 69.4 Å². The predicted molar refractivity (Wildman–Crippen MR) is 81.0 cm³/mol. The second-order valence-corrected chi connectivity index (χ2v) is 6.17. The van der Waals surface area contributed by atoms with Gasteiger partial charge in [0.1, 0.15) is 0 Å². The van der Waals surface area contributed by atoms with Crippen molar-refractivity contribution in [3.8, 4) is 0 Å². The maximum absolute atomic E-state index is 12.3. The Balaban J connectivity index is 2.31. The predicted octanol–water partition coefficient (Wildman–Crippen LogP) is 3.23. The lowest BCUT2D eigenvalue weighted by atomic mass is 10.2. The van der Waals surface area contributed by atoms with Crippen LogP contribution in [0.25, 0.3) is 0 Å². The van der Waals surface area contributed by atoms with E-state index >= 15 is 0 Å². The summed E-state index contributed by atoms with van der Waals surface area (Å²) in [6, 6.07) is 4.03. The van der Waals surface area contributed by atoms with Crippen molar-refractivity contribution >= 4 is 43.5 Å². The van der Waals surface area contributed by atoms with Gasteiger partial charge in [-0.15, -0.1) is 0 Å². The smallest absolute Gasteiger partial charge is 0.244 e. The number of carbonyl (C=O) groups excluding carboxylic acids is 1. The van der Waals surface area contributed by atoms with Crippen LogP contribution in [0.3, 0.4) is 0 Å². The molecule has 1 atom stereocenters. The highest BCUT2D eigenvalue weighted by Crippen LogP contribution is 2.37. The van der Waals surface area contributed by atoms with Crippen molar-refractivity contribution in [3.63, 3.8) is 0 Å². The summed E-state index contributed by atoms with van der Waals surface area (Å²) in [5.41, 5.74) is 2.10. The number of rotatable bonds is 3. The molecule has 0 saturated carbocycles. The molecule has 0 spiro atoms. The lowest BCUT2D eigenvalue weighted by Crippen LogP contribution is -2.38. The third-order valence-corrected chi connectivity index (χ3v) is 4.30. The van der Waals surface area contributed by atoms with Crippen LogP contribution >= 0.6 is 31.9 Å². The zero-order valence-electron chi connectivity index (χ0n) is 10.5. The monoisotopic (exact) mass is 374 g/mol. The van der Waals surface area contributed by atoms with Gasteiger partial charge in [-0.1, -0.05) is 6.92 Å². The van der Waals surface area contributed by atoms with Crippen molar-refractivity contribution in [1.82, 2.24) is 5.32 Å². The average molecular weight is 376 g/mol. The molecule has 1 N–H and O–H groups in total. The summed E-state index contributed by atoms with van der Waals surface area (Å²) in [5.74, 6) is 0.155. The van der Waals surface area contributed by atoms with Gasteiger partial charge in [0.15, 0.2) is 0 Å². The quantitative estimate of drug-likeness (QED) is 0.879. The normalized spacial score (nSPS) is 19.7. The Labute approximate surface area is 124 Å². The molecule has 1 aliphatic rings. The molecular weight excluding hydrogens is 360 g/mol. The highest BCUT2D eigenvalue weighted by molar-refractivity contribution is 9.11. The van der Waals surface area contributed by atoms with Crippen molar-refractivity contribution < 1.29 is 4.79 Å². The summed E-state index contributed by atoms with van der Waals surface area (Å²) in [5, 5.41) is 3.22. The summed E-state index contributed by atoms with van der Waals surface area (Å²) >= 11 is 7.10. The van der Waals surface area contributed by atoms with Crippen LogP contribution in [0.5, 0.6) is 0 Å². The molecule has 0 radical (unpaired) electrons. The fourth-order valence-corrected chi connectivity index (χ4v) is 4.13. The molecule has 1 aromatic rings. The van der Waals surface area contributed by atoms with E-state index in [1.165, 1.54) is 0 Å². The van der Waals surface area contributed by atoms with E-state index < -0.39 is 0 Å². The minimum Gasteiger partial charge on any atom is -0.309 e. The Hall–Kier alpha value is -0.390. The van der Waals surface area contributed by atoms with Crippen LogP contribution in [0.4, 0.5) is 5.69 Å². The van der Waals surface area contributed by atoms with Crippen LogP contribution in [-0.4, -0.2) is 25.0 Å². The zero-order valence-corrected chi connectivity index (χ0v) is 13.6. The number of anilines is 1. The number of benzene rings is 1. The van der Waals surface area contributed by atoms with Crippen molar-refractivity contribution in [2.75, 3.05) is 18.0 Å². The highest BCUT2D eigenvalue weighted by Gasteiger charge is 2.33. The summed E-state index contributed by atoms with van der Waals surface area (Å²) in [4.78, 5) is 14.2. The van der Waals surface area contributed by atoms with Gasteiger partial charge in [0.25, 0.3) is 0 Å². The standard InChI is InChI=1S/C13H16Br2N2O/c1-3-16-11-4-5-17(13(11)18)12-9(14)6-8(2)7-10(12)15/h6-7,11,16H,3-5H2,1-2H3. The van der Waals surface area contributed by atoms with E-state index in [1.807, 2.05) is 30.9 Å². The van der Waals surface area contributed by atoms with E-state index in [2.05, 4.69) is 37.2 Å². The Morgan fingerprint density at radius 3 is 2.56 bits per heavy atom. The molecule has 1 heterocycles. The number of halogens is 2. The number of hydrogen-bond donors (Lipinski definition) is 1. The number of likely N-dealkylation sites (N-methyl/N-ethyl adjacent to an activating group) is 1. The molecular formula is C13H16Br2N2O. The van der Waals surface area contributed by atoms with Gasteiger partial charge < -0.3 is 10.2 Å². The third kappa shape index (κ3) is 2.63. The topological polar surface area (TPSA) is 32.3 Å². The van der Waals surface area contributed by atoms with Crippen LogP contribution in [0.1, 0.15) is 18.9 Å². The van der Waals surface area contributed by atoms with Crippen molar-refractivity contribution in [2.24, 2.45) is 0 Å². The maximum atomic E-state index is 12.3. The molecule has 3 nitrogen and oxygen atoms in total. The molecule has 1 aromatic carbocycles. The molecule has 2 rings (SSSR count). The van der Waals surface area contributed by atoms with Crippen molar-refractivity contribution in [2.45, 2.75) is 26.3 Å². The van der Waals surface area contributed by atoms with Crippen LogP contribution < -0.4 is 10.2 Å². The van der Waals surface area contributed by atoms with E-state index in [0.717, 1.165) is 39.7 Å². The van der Waals surface area contributed by atoms with E-state index in [4.69, 9.17) is 0 Å². The second-order valence-electron chi connectivity index (χ2n) is 4.47. The summed E-state index contributed by atoms with van der Waals surface area (Å²) in [6.45, 7) is 5.64. The fraction of sp³-hybridized carbons (Fsp3) is 0.462. The zero-order chi connectivity index (χ0) is 13.3. The van der Waals surface area contributed by atoms with Gasteiger partial charge in [0, 0.05) is 15.5 Å². The van der Waals surface area contributed by atoms with Crippen molar-refractivity contribution in [1.29, 1.82) is 0 Å². The van der Waals surface area contributed by atoms with Gasteiger partial charge >= 0.3 is 0 Å². The number of nitrogens with one attached hydrogen (secondary N) is 1. The molecule has 1 aliphatic heterocycles. The number of carbonyl (C=O) groups is 1. The number of amides is 1. The Morgan fingerprint density at radius 2 is 2.00 bits per heavy atom. The molecule has 5 heteroatoms. The van der Waals surface area contributed by atoms with E-state index in [0.29, 0.717) is 0 Å². The van der Waals surface area contributed by atoms with Crippen LogP contribution in [0.2, 0.25) is 0 Å². The van der Waals surface area contributed by atoms with Crippen molar-refractivity contribution in [3.05, 3.63) is 26.6 Å². The lowest BCUT2D eigenvalue weighted by molar-refractivity contribution is -0.118. The van der Waals surface area contributed by atoms with E-state index in [9.17, 15) is 4.79 Å². The van der Waals surface area contributed by atoms with E-state index in [1.54, 1.807) is 0 Å². The maximum Gasteiger partial charge on any atom is 0.244 e. The number of aryl methyl sites for hydroxylation is 1. The third-order valence-electron chi connectivity index (χ3n) is 3.09. The summed E-state index contributed by atoms with van der Waals surface area (Å²) in [7, 11) is 0. The molecule has 98 valence electrons. The summed E-state index contributed by atoms with van der Waals surface area (Å²) in [6.07, 6.45) is 0.861. The molecule has 1 unspecified atom stereocenters. The number of hydrogen-bond acceptors (Lipinski definition) is 2. The van der Waals surface area contributed by atoms with Gasteiger partial charge in [0.05, 0.1) is 11.7 Å². The first-order valence-electron chi connectivity index (χ1n) is 6.05. The highest BCUT2D eigenvalue weighted by atomic mass is 79.9. The molecule has 0 aliphatic carbocycles. The first-order chi connectivity index (χ1) is 8.54. The Morgan fingerprint density at radius 1 is 1.39 bits per heavy atom. The van der Waals surface area contributed by atoms with Crippen LogP contribution in [-0.2, 0) is 4.79 Å². The molecule has 18 heavy (non-hydrogen) atoms. The van der Waals surface area contributed by atoms with Crippen LogP contribution in [0, 0.1) is 6.92 Å². The molecule has 0 aromatic heterocycles. The van der Waals surface area contributed by atoms with Gasteiger partial charge in [-0.2, -0.15) is 0 Å². The molecule has 1 amide bonds. The second kappa shape index (κ2) is 5.72. The largest absolute Gasteiger partial charge is 0.309 e. The van der Waals surface area contributed by atoms with Gasteiger partial charge in [-0.3, -0.25) is 4.79 Å². The minimum atomic E-state index is -0.0462. The molecule has 1 fully saturated rings. The Bertz CT molecular complexity index is 453. The van der Waals surface area contributed by atoms with Gasteiger partial charge in [0.2, 0.25) is 5.91 Å². The fourth-order valence-electron chi connectivity index (χ4n) is 2.29. The summed E-state index contributed by atoms with van der Waals surface area (Å²) < 4.78 is 1.92. The molecule has 1 saturated heterocycles. The van der Waals surface area contributed by atoms with E-state index in [-0.39, 0.29) is 11.9 Å².